The summed E-state index contributed by atoms with van der Waals surface area (Å²) < 4.78 is 10.6. The Kier molecular flexibility index (Phi) is 4.89. The molecule has 0 aromatic heterocycles. The monoisotopic (exact) mass is 348 g/mol. The van der Waals surface area contributed by atoms with Crippen molar-refractivity contribution in [2.75, 3.05) is 23.9 Å². The van der Waals surface area contributed by atoms with E-state index in [1.807, 2.05) is 0 Å². The molecule has 1 aromatic carbocycles. The van der Waals surface area contributed by atoms with Crippen LogP contribution < -0.4 is 15.0 Å². The smallest absolute Gasteiger partial charge is 0.332 e. The number of nitrogens with one attached hydrogen (secondary N) is 1. The lowest BCUT2D eigenvalue weighted by molar-refractivity contribution is -0.150. The minimum absolute atomic E-state index is 0.0501. The molecule has 2 aliphatic heterocycles. The van der Waals surface area contributed by atoms with Gasteiger partial charge >= 0.3 is 5.97 Å². The number of aliphatic carboxylic acids is 1. The van der Waals surface area contributed by atoms with Gasteiger partial charge in [-0.3, -0.25) is 9.59 Å². The summed E-state index contributed by atoms with van der Waals surface area (Å²) in [6.07, 6.45) is 0.281. The number of hydrogen-bond acceptors (Lipinski definition) is 5. The number of carboxylic acid groups (broad SMARTS) is 1. The van der Waals surface area contributed by atoms with Gasteiger partial charge in [0, 0.05) is 24.7 Å². The van der Waals surface area contributed by atoms with Gasteiger partial charge in [-0.1, -0.05) is 0 Å². The second kappa shape index (κ2) is 7.10. The number of anilines is 2. The largest absolute Gasteiger partial charge is 0.494 e. The Morgan fingerprint density at radius 1 is 1.32 bits per heavy atom. The van der Waals surface area contributed by atoms with E-state index >= 15 is 0 Å². The summed E-state index contributed by atoms with van der Waals surface area (Å²) in [5.41, 5.74) is 1.17. The molecule has 0 bridgehead atoms. The third-order valence-corrected chi connectivity index (χ3v) is 4.40. The molecule has 3 rings (SSSR count). The summed E-state index contributed by atoms with van der Waals surface area (Å²) in [5, 5.41) is 11.6. The van der Waals surface area contributed by atoms with Gasteiger partial charge in [0.2, 0.25) is 5.91 Å². The number of amides is 2. The number of carbonyl (C=O) groups excluding carboxylic acids is 2. The Morgan fingerprint density at radius 2 is 2.08 bits per heavy atom. The Balaban J connectivity index is 1.70. The van der Waals surface area contributed by atoms with E-state index in [4.69, 9.17) is 14.6 Å². The number of carbonyl (C=O) groups is 3. The highest BCUT2D eigenvalue weighted by atomic mass is 16.5. The zero-order valence-electron chi connectivity index (χ0n) is 13.9. The van der Waals surface area contributed by atoms with Crippen LogP contribution in [0.3, 0.4) is 0 Å². The molecule has 134 valence electrons. The van der Waals surface area contributed by atoms with Crippen molar-refractivity contribution in [3.05, 3.63) is 18.2 Å². The van der Waals surface area contributed by atoms with Crippen molar-refractivity contribution in [1.82, 2.24) is 0 Å². The highest BCUT2D eigenvalue weighted by Crippen LogP contribution is 2.34. The maximum absolute atomic E-state index is 12.2. The Hall–Kier alpha value is -2.61. The van der Waals surface area contributed by atoms with Gasteiger partial charge in [-0.25, -0.2) is 4.79 Å². The van der Waals surface area contributed by atoms with Crippen molar-refractivity contribution in [3.63, 3.8) is 0 Å². The summed E-state index contributed by atoms with van der Waals surface area (Å²) in [4.78, 5) is 36.7. The first kappa shape index (κ1) is 17.2. The van der Waals surface area contributed by atoms with Crippen LogP contribution in [0.5, 0.6) is 5.75 Å². The predicted octanol–water partition coefficient (Wildman–Crippen LogP) is 1.39. The average Bonchev–Trinajstić information content (AvgIpc) is 3.24. The molecular weight excluding hydrogens is 328 g/mol. The first-order chi connectivity index (χ1) is 12.0. The lowest BCUT2D eigenvalue weighted by atomic mass is 10.2. The molecule has 0 radical (unpaired) electrons. The van der Waals surface area contributed by atoms with Crippen LogP contribution in [-0.2, 0) is 19.1 Å². The summed E-state index contributed by atoms with van der Waals surface area (Å²) >= 11 is 0. The quantitative estimate of drug-likeness (QED) is 0.833. The molecule has 8 nitrogen and oxygen atoms in total. The molecule has 2 fully saturated rings. The number of ether oxygens (including phenoxy) is 2. The van der Waals surface area contributed by atoms with Crippen LogP contribution in [-0.4, -0.2) is 48.8 Å². The van der Waals surface area contributed by atoms with E-state index in [1.54, 1.807) is 23.1 Å². The number of nitrogens with zero attached hydrogens (tertiary/aromatic N) is 1. The van der Waals surface area contributed by atoms with Crippen LogP contribution in [0.1, 0.15) is 25.7 Å². The normalized spacial score (nSPS) is 22.9. The van der Waals surface area contributed by atoms with E-state index in [1.165, 1.54) is 7.11 Å². The maximum atomic E-state index is 12.2. The van der Waals surface area contributed by atoms with Crippen molar-refractivity contribution < 1.29 is 29.0 Å². The molecule has 0 saturated carbocycles. The van der Waals surface area contributed by atoms with Crippen molar-refractivity contribution in [1.29, 1.82) is 0 Å². The highest BCUT2D eigenvalue weighted by Gasteiger charge is 2.34. The fraction of sp³-hybridized carbons (Fsp3) is 0.471. The van der Waals surface area contributed by atoms with Gasteiger partial charge in [-0.15, -0.1) is 0 Å². The summed E-state index contributed by atoms with van der Waals surface area (Å²) in [5.74, 6) is -0.912. The minimum atomic E-state index is -1.06. The van der Waals surface area contributed by atoms with E-state index in [0.29, 0.717) is 42.9 Å². The SMILES string of the molecule is COc1cc(NC(=O)[C@@H]2CC[C@H](C(=O)O)O2)ccc1N1CCCC1=O. The molecule has 2 aliphatic rings. The van der Waals surface area contributed by atoms with Gasteiger partial charge in [0.15, 0.2) is 6.10 Å². The molecule has 2 amide bonds. The van der Waals surface area contributed by atoms with Crippen LogP contribution in [0.25, 0.3) is 0 Å². The molecule has 8 heteroatoms. The number of hydrogen-bond donors (Lipinski definition) is 2. The first-order valence-corrected chi connectivity index (χ1v) is 8.17. The van der Waals surface area contributed by atoms with Crippen LogP contribution in [0.15, 0.2) is 18.2 Å². The fourth-order valence-corrected chi connectivity index (χ4v) is 3.12. The number of methoxy groups -OCH3 is 1. The van der Waals surface area contributed by atoms with Gasteiger partial charge in [-0.2, -0.15) is 0 Å². The van der Waals surface area contributed by atoms with Gasteiger partial charge < -0.3 is 24.8 Å². The number of rotatable bonds is 5. The zero-order valence-corrected chi connectivity index (χ0v) is 13.9. The third-order valence-electron chi connectivity index (χ3n) is 4.40. The predicted molar refractivity (Wildman–Crippen MR) is 88.7 cm³/mol. The first-order valence-electron chi connectivity index (χ1n) is 8.17. The molecule has 2 heterocycles. The number of carboxylic acids is 1. The molecule has 0 unspecified atom stereocenters. The highest BCUT2D eigenvalue weighted by molar-refractivity contribution is 5.98. The molecule has 2 atom stereocenters. The zero-order chi connectivity index (χ0) is 18.0. The summed E-state index contributed by atoms with van der Waals surface area (Å²) in [7, 11) is 1.50. The van der Waals surface area contributed by atoms with Gasteiger partial charge in [0.05, 0.1) is 12.8 Å². The second-order valence-electron chi connectivity index (χ2n) is 6.05. The van der Waals surface area contributed by atoms with Crippen LogP contribution in [0.2, 0.25) is 0 Å². The van der Waals surface area contributed by atoms with Gasteiger partial charge in [0.1, 0.15) is 11.9 Å². The number of benzene rings is 1. The average molecular weight is 348 g/mol. The molecule has 25 heavy (non-hydrogen) atoms. The van der Waals surface area contributed by atoms with Crippen molar-refractivity contribution in [2.24, 2.45) is 0 Å². The van der Waals surface area contributed by atoms with E-state index in [9.17, 15) is 14.4 Å². The van der Waals surface area contributed by atoms with E-state index in [2.05, 4.69) is 5.32 Å². The van der Waals surface area contributed by atoms with Crippen molar-refractivity contribution >= 4 is 29.2 Å². The Labute approximate surface area is 144 Å². The lowest BCUT2D eigenvalue weighted by Crippen LogP contribution is -2.30. The van der Waals surface area contributed by atoms with E-state index < -0.39 is 24.1 Å². The lowest BCUT2D eigenvalue weighted by Gasteiger charge is -2.20. The van der Waals surface area contributed by atoms with Crippen LogP contribution >= 0.6 is 0 Å². The van der Waals surface area contributed by atoms with Crippen molar-refractivity contribution in [3.8, 4) is 5.75 Å². The Bertz CT molecular complexity index is 704. The molecule has 0 aliphatic carbocycles. The van der Waals surface area contributed by atoms with Crippen LogP contribution in [0.4, 0.5) is 11.4 Å². The van der Waals surface area contributed by atoms with Crippen LogP contribution in [0, 0.1) is 0 Å². The van der Waals surface area contributed by atoms with Gasteiger partial charge in [-0.05, 0) is 31.4 Å². The maximum Gasteiger partial charge on any atom is 0.332 e. The fourth-order valence-electron chi connectivity index (χ4n) is 3.12. The molecule has 2 N–H and O–H groups in total. The van der Waals surface area contributed by atoms with E-state index in [0.717, 1.165) is 6.42 Å². The van der Waals surface area contributed by atoms with Crippen molar-refractivity contribution in [2.45, 2.75) is 37.9 Å². The molecule has 0 spiro atoms. The summed E-state index contributed by atoms with van der Waals surface area (Å²) in [6, 6.07) is 5.06. The Morgan fingerprint density at radius 3 is 2.68 bits per heavy atom. The third kappa shape index (κ3) is 3.58. The summed E-state index contributed by atoms with van der Waals surface area (Å²) in [6.45, 7) is 0.646. The second-order valence-corrected chi connectivity index (χ2v) is 6.05. The molecule has 2 saturated heterocycles. The minimum Gasteiger partial charge on any atom is -0.494 e. The topological polar surface area (TPSA) is 105 Å². The molecule has 1 aromatic rings. The van der Waals surface area contributed by atoms with Gasteiger partial charge in [0.25, 0.3) is 5.91 Å². The molecular formula is C17H20N2O6. The standard InChI is InChI=1S/C17H20N2O6/c1-24-14-9-10(4-5-11(14)19-8-2-3-15(19)20)18-16(21)12-6-7-13(25-12)17(22)23/h4-5,9,12-13H,2-3,6-8H2,1H3,(H,18,21)(H,22,23)/t12-,13+/m0/s1. The van der Waals surface area contributed by atoms with E-state index in [-0.39, 0.29) is 5.91 Å².